The van der Waals surface area contributed by atoms with Crippen LogP contribution in [0.1, 0.15) is 30.1 Å². The van der Waals surface area contributed by atoms with Gasteiger partial charge in [0, 0.05) is 6.42 Å². The first kappa shape index (κ1) is 21.6. The van der Waals surface area contributed by atoms with Gasteiger partial charge in [-0.15, -0.1) is 0 Å². The Bertz CT molecular complexity index is 640. The van der Waals surface area contributed by atoms with E-state index in [9.17, 15) is 14.7 Å². The number of carbonyl (C=O) groups excluding carboxylic acids is 2. The number of amides is 2. The largest absolute Gasteiger partial charge is 0.507 e. The Morgan fingerprint density at radius 1 is 1.20 bits per heavy atom. The van der Waals surface area contributed by atoms with Gasteiger partial charge in [-0.2, -0.15) is 0 Å². The molecule has 0 aliphatic heterocycles. The SMILES string of the molecule is CCCC(=O)N[C@@H](NC(=S)NNC(=O)c1ccccc1O)C(Cl)(Cl)Cl. The van der Waals surface area contributed by atoms with Crippen LogP contribution in [-0.2, 0) is 4.79 Å². The molecule has 11 heteroatoms. The van der Waals surface area contributed by atoms with E-state index in [1.54, 1.807) is 12.1 Å². The minimum Gasteiger partial charge on any atom is -0.507 e. The molecule has 138 valence electrons. The highest BCUT2D eigenvalue weighted by molar-refractivity contribution is 7.80. The Morgan fingerprint density at radius 3 is 2.40 bits per heavy atom. The van der Waals surface area contributed by atoms with Crippen LogP contribution in [0.25, 0.3) is 0 Å². The third kappa shape index (κ3) is 7.52. The quantitative estimate of drug-likeness (QED) is 0.213. The molecule has 1 rings (SSSR count). The van der Waals surface area contributed by atoms with Crippen LogP contribution in [-0.4, -0.2) is 32.0 Å². The maximum absolute atomic E-state index is 11.9. The zero-order valence-corrected chi connectivity index (χ0v) is 16.2. The van der Waals surface area contributed by atoms with Crippen LogP contribution in [0.3, 0.4) is 0 Å². The fourth-order valence-corrected chi connectivity index (χ4v) is 2.17. The van der Waals surface area contributed by atoms with Gasteiger partial charge in [0.15, 0.2) is 5.11 Å². The molecular formula is C14H17Cl3N4O3S. The van der Waals surface area contributed by atoms with E-state index in [-0.39, 0.29) is 28.8 Å². The number of rotatable bonds is 5. The Hall–Kier alpha value is -1.48. The van der Waals surface area contributed by atoms with Gasteiger partial charge < -0.3 is 15.7 Å². The molecule has 7 nitrogen and oxygen atoms in total. The van der Waals surface area contributed by atoms with Crippen LogP contribution in [0.5, 0.6) is 5.75 Å². The fourth-order valence-electron chi connectivity index (χ4n) is 1.67. The summed E-state index contributed by atoms with van der Waals surface area (Å²) in [5, 5.41) is 14.6. The van der Waals surface area contributed by atoms with Gasteiger partial charge in [-0.3, -0.25) is 20.4 Å². The summed E-state index contributed by atoms with van der Waals surface area (Å²) in [5.41, 5.74) is 4.73. The van der Waals surface area contributed by atoms with Gasteiger partial charge in [0.25, 0.3) is 5.91 Å². The molecular weight excluding hydrogens is 411 g/mol. The van der Waals surface area contributed by atoms with Crippen molar-refractivity contribution in [1.82, 2.24) is 21.5 Å². The van der Waals surface area contributed by atoms with Crippen molar-refractivity contribution in [1.29, 1.82) is 0 Å². The molecule has 2 amide bonds. The van der Waals surface area contributed by atoms with Gasteiger partial charge in [-0.05, 0) is 30.8 Å². The first-order chi connectivity index (χ1) is 11.6. The molecule has 1 aromatic carbocycles. The van der Waals surface area contributed by atoms with Gasteiger partial charge in [-0.25, -0.2) is 0 Å². The molecule has 0 fully saturated rings. The first-order valence-corrected chi connectivity index (χ1v) is 8.70. The monoisotopic (exact) mass is 426 g/mol. The predicted octanol–water partition coefficient (Wildman–Crippen LogP) is 2.11. The number of carbonyl (C=O) groups is 2. The number of hydrogen-bond acceptors (Lipinski definition) is 4. The summed E-state index contributed by atoms with van der Waals surface area (Å²) < 4.78 is -1.88. The van der Waals surface area contributed by atoms with Gasteiger partial charge in [0.2, 0.25) is 9.70 Å². The van der Waals surface area contributed by atoms with Crippen molar-refractivity contribution in [3.63, 3.8) is 0 Å². The van der Waals surface area contributed by atoms with E-state index >= 15 is 0 Å². The standard InChI is InChI=1S/C14H17Cl3N4O3S/c1-2-5-10(23)18-12(14(15,16)17)19-13(25)21-20-11(24)8-6-3-4-7-9(8)22/h3-4,6-7,12,22H,2,5H2,1H3,(H,18,23)(H,20,24)(H2,19,21,25)/t12-/m0/s1. The van der Waals surface area contributed by atoms with Crippen LogP contribution < -0.4 is 21.5 Å². The predicted molar refractivity (Wildman–Crippen MR) is 102 cm³/mol. The molecule has 25 heavy (non-hydrogen) atoms. The summed E-state index contributed by atoms with van der Waals surface area (Å²) in [6, 6.07) is 5.97. The van der Waals surface area contributed by atoms with Crippen LogP contribution in [0.15, 0.2) is 24.3 Å². The molecule has 1 atom stereocenters. The van der Waals surface area contributed by atoms with Crippen LogP contribution in [0.2, 0.25) is 0 Å². The molecule has 1 aromatic rings. The second-order valence-corrected chi connectivity index (χ2v) is 7.64. The zero-order chi connectivity index (χ0) is 19.0. The van der Waals surface area contributed by atoms with Crippen molar-refractivity contribution in [2.24, 2.45) is 0 Å². The second-order valence-electron chi connectivity index (χ2n) is 4.86. The zero-order valence-electron chi connectivity index (χ0n) is 13.1. The number of hydrazine groups is 1. The number of halogens is 3. The summed E-state index contributed by atoms with van der Waals surface area (Å²) in [6.45, 7) is 1.83. The highest BCUT2D eigenvalue weighted by Gasteiger charge is 2.34. The van der Waals surface area contributed by atoms with E-state index in [4.69, 9.17) is 47.0 Å². The van der Waals surface area contributed by atoms with Gasteiger partial charge in [-0.1, -0.05) is 53.9 Å². The summed E-state index contributed by atoms with van der Waals surface area (Å²) >= 11 is 22.4. The first-order valence-electron chi connectivity index (χ1n) is 7.16. The van der Waals surface area contributed by atoms with Crippen molar-refractivity contribution < 1.29 is 14.7 Å². The maximum Gasteiger partial charge on any atom is 0.273 e. The van der Waals surface area contributed by atoms with Crippen molar-refractivity contribution >= 4 is 63.9 Å². The molecule has 0 heterocycles. The van der Waals surface area contributed by atoms with Gasteiger partial charge in [0.05, 0.1) is 5.56 Å². The Morgan fingerprint density at radius 2 is 1.84 bits per heavy atom. The number of alkyl halides is 3. The number of nitrogens with one attached hydrogen (secondary N) is 4. The molecule has 0 saturated carbocycles. The van der Waals surface area contributed by atoms with Gasteiger partial charge >= 0.3 is 0 Å². The van der Waals surface area contributed by atoms with Crippen LogP contribution in [0.4, 0.5) is 0 Å². The van der Waals surface area contributed by atoms with Crippen molar-refractivity contribution in [2.75, 3.05) is 0 Å². The van der Waals surface area contributed by atoms with E-state index in [2.05, 4.69) is 21.5 Å². The third-order valence-corrected chi connectivity index (χ3v) is 3.70. The smallest absolute Gasteiger partial charge is 0.273 e. The number of para-hydroxylation sites is 1. The van der Waals surface area contributed by atoms with E-state index in [1.807, 2.05) is 6.92 Å². The molecule has 0 aliphatic carbocycles. The number of phenolic OH excluding ortho intramolecular Hbond substituents is 1. The topological polar surface area (TPSA) is 102 Å². The Kier molecular flexibility index (Phi) is 8.51. The number of benzene rings is 1. The number of phenols is 1. The summed E-state index contributed by atoms with van der Waals surface area (Å²) in [4.78, 5) is 23.6. The van der Waals surface area contributed by atoms with Crippen molar-refractivity contribution in [3.8, 4) is 5.75 Å². The fraction of sp³-hybridized carbons (Fsp3) is 0.357. The molecule has 0 spiro atoms. The van der Waals surface area contributed by atoms with Crippen molar-refractivity contribution in [2.45, 2.75) is 29.7 Å². The average molecular weight is 428 g/mol. The molecule has 0 aromatic heterocycles. The van der Waals surface area contributed by atoms with Crippen LogP contribution >= 0.6 is 47.0 Å². The van der Waals surface area contributed by atoms with E-state index < -0.39 is 15.9 Å². The third-order valence-electron chi connectivity index (χ3n) is 2.82. The van der Waals surface area contributed by atoms with Gasteiger partial charge in [0.1, 0.15) is 11.9 Å². The highest BCUT2D eigenvalue weighted by atomic mass is 35.6. The maximum atomic E-state index is 11.9. The number of thiocarbonyl (C=S) groups is 1. The molecule has 0 radical (unpaired) electrons. The summed E-state index contributed by atoms with van der Waals surface area (Å²) in [7, 11) is 0. The molecule has 0 aliphatic rings. The lowest BCUT2D eigenvalue weighted by Crippen LogP contribution is -2.59. The summed E-state index contributed by atoms with van der Waals surface area (Å²) in [5.74, 6) is -1.14. The lowest BCUT2D eigenvalue weighted by Gasteiger charge is -2.27. The molecule has 0 unspecified atom stereocenters. The average Bonchev–Trinajstić information content (AvgIpc) is 2.52. The number of aromatic hydroxyl groups is 1. The lowest BCUT2D eigenvalue weighted by molar-refractivity contribution is -0.121. The summed E-state index contributed by atoms with van der Waals surface area (Å²) in [6.07, 6.45) is -0.237. The highest BCUT2D eigenvalue weighted by Crippen LogP contribution is 2.29. The Balaban J connectivity index is 2.61. The van der Waals surface area contributed by atoms with E-state index in [0.29, 0.717) is 6.42 Å². The van der Waals surface area contributed by atoms with Crippen molar-refractivity contribution in [3.05, 3.63) is 29.8 Å². The van der Waals surface area contributed by atoms with E-state index in [0.717, 1.165) is 0 Å². The Labute approximate surface area is 165 Å². The van der Waals surface area contributed by atoms with E-state index in [1.165, 1.54) is 12.1 Å². The normalized spacial score (nSPS) is 12.0. The molecule has 0 bridgehead atoms. The van der Waals surface area contributed by atoms with Crippen LogP contribution in [0, 0.1) is 0 Å². The minimum atomic E-state index is -1.88. The minimum absolute atomic E-state index is 0.0481. The second kappa shape index (κ2) is 9.86. The molecule has 5 N–H and O–H groups in total. The lowest BCUT2D eigenvalue weighted by atomic mass is 10.2. The molecule has 0 saturated heterocycles. The number of hydrogen-bond donors (Lipinski definition) is 5.